The number of rotatable bonds is 1. The van der Waals surface area contributed by atoms with Crippen LogP contribution in [0.15, 0.2) is 47.9 Å². The Morgan fingerprint density at radius 2 is 2.13 bits per heavy atom. The second kappa shape index (κ2) is 6.70. The molecule has 2 rings (SSSR count). The van der Waals surface area contributed by atoms with Crippen LogP contribution in [0.5, 0.6) is 0 Å². The summed E-state index contributed by atoms with van der Waals surface area (Å²) in [6.45, 7) is 7.43. The molecule has 0 atom stereocenters. The summed E-state index contributed by atoms with van der Waals surface area (Å²) in [6.07, 6.45) is 6.18. The van der Waals surface area contributed by atoms with E-state index in [-0.39, 0.29) is 0 Å². The first-order valence-electron chi connectivity index (χ1n) is 4.89. The maximum absolute atomic E-state index is 3.36. The fraction of sp³-hybridized carbons (Fsp3) is 0.231. The van der Waals surface area contributed by atoms with Gasteiger partial charge in [0.2, 0.25) is 0 Å². The van der Waals surface area contributed by atoms with Crippen molar-refractivity contribution in [2.75, 3.05) is 5.75 Å². The van der Waals surface area contributed by atoms with Gasteiger partial charge in [0.05, 0.1) is 0 Å². The Bertz CT molecular complexity index is 356. The smallest absolute Gasteiger partial charge is 0.0406 e. The van der Waals surface area contributed by atoms with Crippen molar-refractivity contribution >= 4 is 28.0 Å². The lowest BCUT2D eigenvalue weighted by Gasteiger charge is -2.09. The molecule has 0 nitrogen and oxygen atoms in total. The molecule has 0 fully saturated rings. The van der Waals surface area contributed by atoms with Gasteiger partial charge in [-0.05, 0) is 31.4 Å². The molecule has 0 aromatic carbocycles. The molecule has 1 aliphatic rings. The number of hydrogen-bond donors (Lipinski definition) is 0. The summed E-state index contributed by atoms with van der Waals surface area (Å²) < 4.78 is 0. The van der Waals surface area contributed by atoms with E-state index >= 15 is 0 Å². The number of thiophene rings is 1. The zero-order valence-electron chi connectivity index (χ0n) is 9.19. The number of thioether (sulfide) groups is 1. The summed E-state index contributed by atoms with van der Waals surface area (Å²) in [4.78, 5) is 2.80. The molecule has 15 heavy (non-hydrogen) atoms. The lowest BCUT2D eigenvalue weighted by Crippen LogP contribution is -1.87. The average Bonchev–Trinajstić information content (AvgIpc) is 2.73. The Morgan fingerprint density at radius 1 is 1.40 bits per heavy atom. The lowest BCUT2D eigenvalue weighted by molar-refractivity contribution is 1.41. The van der Waals surface area contributed by atoms with Gasteiger partial charge < -0.3 is 0 Å². The molecule has 1 aromatic rings. The summed E-state index contributed by atoms with van der Waals surface area (Å²) in [5.41, 5.74) is 1.46. The van der Waals surface area contributed by atoms with Crippen molar-refractivity contribution in [2.45, 2.75) is 13.8 Å². The van der Waals surface area contributed by atoms with E-state index in [4.69, 9.17) is 0 Å². The van der Waals surface area contributed by atoms with E-state index in [2.05, 4.69) is 43.2 Å². The SMILES string of the molecule is C=CC.CC1=CC=C(c2cccs2)SC1. The fourth-order valence-corrected chi connectivity index (χ4v) is 2.90. The number of hydrogen-bond acceptors (Lipinski definition) is 2. The highest BCUT2D eigenvalue weighted by molar-refractivity contribution is 8.08. The molecule has 0 bridgehead atoms. The van der Waals surface area contributed by atoms with Crippen LogP contribution in [-0.4, -0.2) is 5.75 Å². The third-order valence-electron chi connectivity index (χ3n) is 1.74. The molecule has 0 saturated heterocycles. The van der Waals surface area contributed by atoms with E-state index in [0.717, 1.165) is 5.75 Å². The maximum Gasteiger partial charge on any atom is 0.0406 e. The summed E-state index contributed by atoms with van der Waals surface area (Å²) >= 11 is 3.74. The van der Waals surface area contributed by atoms with Crippen LogP contribution < -0.4 is 0 Å². The minimum Gasteiger partial charge on any atom is -0.143 e. The molecule has 0 saturated carbocycles. The second-order valence-electron chi connectivity index (χ2n) is 3.22. The molecular weight excluding hydrogens is 220 g/mol. The van der Waals surface area contributed by atoms with Gasteiger partial charge in [-0.1, -0.05) is 23.8 Å². The van der Waals surface area contributed by atoms with Crippen LogP contribution >= 0.6 is 23.1 Å². The monoisotopic (exact) mass is 236 g/mol. The standard InChI is InChI=1S/C10H10S2.C3H6/c1-8-4-5-10(12-7-8)9-3-2-6-11-9;1-3-2/h2-6H,7H2,1H3;3H,1H2,2H3. The Kier molecular flexibility index (Phi) is 5.51. The zero-order valence-corrected chi connectivity index (χ0v) is 10.8. The highest BCUT2D eigenvalue weighted by atomic mass is 32.2. The van der Waals surface area contributed by atoms with Crippen molar-refractivity contribution in [2.24, 2.45) is 0 Å². The molecule has 2 heteroatoms. The number of allylic oxidation sites excluding steroid dienone is 3. The molecule has 0 spiro atoms. The van der Waals surface area contributed by atoms with E-state index in [1.54, 1.807) is 6.08 Å². The third kappa shape index (κ3) is 4.10. The van der Waals surface area contributed by atoms with Crippen LogP contribution in [0.25, 0.3) is 4.91 Å². The highest BCUT2D eigenvalue weighted by Gasteiger charge is 2.06. The van der Waals surface area contributed by atoms with Crippen LogP contribution in [-0.2, 0) is 0 Å². The topological polar surface area (TPSA) is 0 Å². The summed E-state index contributed by atoms with van der Waals surface area (Å²) in [5, 5.41) is 2.13. The van der Waals surface area contributed by atoms with Crippen LogP contribution in [0, 0.1) is 0 Å². The molecule has 0 aliphatic carbocycles. The van der Waals surface area contributed by atoms with Gasteiger partial charge in [0.25, 0.3) is 0 Å². The Balaban J connectivity index is 0.000000337. The van der Waals surface area contributed by atoms with Crippen LogP contribution in [0.1, 0.15) is 18.7 Å². The summed E-state index contributed by atoms with van der Waals surface area (Å²) in [7, 11) is 0. The van der Waals surface area contributed by atoms with Gasteiger partial charge >= 0.3 is 0 Å². The summed E-state index contributed by atoms with van der Waals surface area (Å²) in [5.74, 6) is 1.14. The van der Waals surface area contributed by atoms with Gasteiger partial charge in [-0.15, -0.1) is 29.7 Å². The van der Waals surface area contributed by atoms with E-state index in [0.29, 0.717) is 0 Å². The van der Waals surface area contributed by atoms with Crippen molar-refractivity contribution < 1.29 is 0 Å². The molecule has 1 aromatic heterocycles. The van der Waals surface area contributed by atoms with E-state index < -0.39 is 0 Å². The largest absolute Gasteiger partial charge is 0.143 e. The van der Waals surface area contributed by atoms with Crippen molar-refractivity contribution in [3.63, 3.8) is 0 Å². The minimum atomic E-state index is 1.14. The third-order valence-corrected chi connectivity index (χ3v) is 4.04. The predicted octanol–water partition coefficient (Wildman–Crippen LogP) is 4.97. The first kappa shape index (κ1) is 12.3. The molecule has 1 aliphatic heterocycles. The molecular formula is C13H16S2. The maximum atomic E-state index is 3.36. The molecule has 0 amide bonds. The highest BCUT2D eigenvalue weighted by Crippen LogP contribution is 2.34. The van der Waals surface area contributed by atoms with E-state index in [1.165, 1.54) is 15.4 Å². The first-order valence-corrected chi connectivity index (χ1v) is 6.75. The molecule has 0 N–H and O–H groups in total. The van der Waals surface area contributed by atoms with Crippen molar-refractivity contribution in [3.8, 4) is 0 Å². The van der Waals surface area contributed by atoms with Crippen molar-refractivity contribution in [3.05, 3.63) is 52.8 Å². The predicted molar refractivity (Wildman–Crippen MR) is 74.4 cm³/mol. The van der Waals surface area contributed by atoms with Crippen LogP contribution in [0.2, 0.25) is 0 Å². The molecule has 80 valence electrons. The Morgan fingerprint density at radius 3 is 2.60 bits per heavy atom. The normalized spacial score (nSPS) is 14.5. The van der Waals surface area contributed by atoms with Gasteiger partial charge in [-0.3, -0.25) is 0 Å². The van der Waals surface area contributed by atoms with E-state index in [1.807, 2.05) is 30.0 Å². The molecule has 0 radical (unpaired) electrons. The minimum absolute atomic E-state index is 1.14. The van der Waals surface area contributed by atoms with Gasteiger partial charge in [0, 0.05) is 15.5 Å². The Hall–Kier alpha value is -0.730. The fourth-order valence-electron chi connectivity index (χ4n) is 1.08. The van der Waals surface area contributed by atoms with Gasteiger partial charge in [-0.2, -0.15) is 0 Å². The second-order valence-corrected chi connectivity index (χ2v) is 5.18. The Labute approximate surface area is 100 Å². The van der Waals surface area contributed by atoms with Gasteiger partial charge in [0.15, 0.2) is 0 Å². The average molecular weight is 236 g/mol. The quantitative estimate of drug-likeness (QED) is 0.620. The van der Waals surface area contributed by atoms with Crippen molar-refractivity contribution in [1.82, 2.24) is 0 Å². The zero-order chi connectivity index (χ0) is 11.1. The van der Waals surface area contributed by atoms with Crippen LogP contribution in [0.3, 0.4) is 0 Å². The van der Waals surface area contributed by atoms with Crippen LogP contribution in [0.4, 0.5) is 0 Å². The van der Waals surface area contributed by atoms with Gasteiger partial charge in [-0.25, -0.2) is 0 Å². The molecule has 0 unspecified atom stereocenters. The van der Waals surface area contributed by atoms with Gasteiger partial charge in [0.1, 0.15) is 0 Å². The lowest BCUT2D eigenvalue weighted by atomic mass is 10.3. The molecule has 2 heterocycles. The van der Waals surface area contributed by atoms with E-state index in [9.17, 15) is 0 Å². The summed E-state index contributed by atoms with van der Waals surface area (Å²) in [6, 6.07) is 4.28. The first-order chi connectivity index (χ1) is 7.27. The van der Waals surface area contributed by atoms with Crippen molar-refractivity contribution in [1.29, 1.82) is 0 Å².